The van der Waals surface area contributed by atoms with E-state index in [1.54, 1.807) is 0 Å². The summed E-state index contributed by atoms with van der Waals surface area (Å²) in [5, 5.41) is 0. The van der Waals surface area contributed by atoms with E-state index in [2.05, 4.69) is 0 Å². The first-order valence-corrected chi connectivity index (χ1v) is 7.35. The summed E-state index contributed by atoms with van der Waals surface area (Å²) in [7, 11) is 0. The van der Waals surface area contributed by atoms with E-state index in [4.69, 9.17) is 11.5 Å². The molecule has 1 heterocycles. The molecule has 2 rings (SSSR count). The molecule has 0 aromatic rings. The third-order valence-electron chi connectivity index (χ3n) is 4.70. The molecule has 1 saturated heterocycles. The number of amides is 2. The summed E-state index contributed by atoms with van der Waals surface area (Å²) in [5.74, 6) is 0.168. The maximum Gasteiger partial charge on any atom is 0.230 e. The molecule has 0 radical (unpaired) electrons. The number of hydrogen-bond acceptors (Lipinski definition) is 3. The van der Waals surface area contributed by atoms with Crippen molar-refractivity contribution in [2.45, 2.75) is 44.9 Å². The first-order chi connectivity index (χ1) is 9.07. The van der Waals surface area contributed by atoms with Gasteiger partial charge in [-0.05, 0) is 31.6 Å². The Bertz CT molecular complexity index is 351. The van der Waals surface area contributed by atoms with E-state index in [0.717, 1.165) is 45.1 Å². The van der Waals surface area contributed by atoms with Crippen molar-refractivity contribution in [2.75, 3.05) is 19.6 Å². The molecule has 1 unspecified atom stereocenters. The second kappa shape index (κ2) is 5.90. The molecule has 2 fully saturated rings. The highest BCUT2D eigenvalue weighted by atomic mass is 16.2. The highest BCUT2D eigenvalue weighted by Gasteiger charge is 2.43. The third kappa shape index (κ3) is 3.08. The van der Waals surface area contributed by atoms with Gasteiger partial charge in [0.1, 0.15) is 0 Å². The molecule has 1 saturated carbocycles. The van der Waals surface area contributed by atoms with Gasteiger partial charge in [-0.3, -0.25) is 9.59 Å². The van der Waals surface area contributed by atoms with E-state index in [9.17, 15) is 9.59 Å². The van der Waals surface area contributed by atoms with Gasteiger partial charge in [-0.2, -0.15) is 0 Å². The van der Waals surface area contributed by atoms with Crippen LogP contribution in [0.3, 0.4) is 0 Å². The minimum atomic E-state index is -0.325. The van der Waals surface area contributed by atoms with Gasteiger partial charge < -0.3 is 16.4 Å². The average molecular weight is 267 g/mol. The molecule has 4 N–H and O–H groups in total. The van der Waals surface area contributed by atoms with Crippen molar-refractivity contribution in [3.63, 3.8) is 0 Å². The molecule has 0 bridgehead atoms. The number of primary amides is 1. The maximum absolute atomic E-state index is 12.7. The Kier molecular flexibility index (Phi) is 4.45. The highest BCUT2D eigenvalue weighted by Crippen LogP contribution is 2.39. The van der Waals surface area contributed by atoms with Gasteiger partial charge in [0.25, 0.3) is 0 Å². The molecular formula is C14H25N3O2. The first kappa shape index (κ1) is 14.3. The van der Waals surface area contributed by atoms with Crippen molar-refractivity contribution in [3.05, 3.63) is 0 Å². The fourth-order valence-electron chi connectivity index (χ4n) is 3.59. The zero-order chi connectivity index (χ0) is 13.9. The Labute approximate surface area is 114 Å². The zero-order valence-corrected chi connectivity index (χ0v) is 11.6. The van der Waals surface area contributed by atoms with E-state index in [-0.39, 0.29) is 23.1 Å². The van der Waals surface area contributed by atoms with Crippen LogP contribution in [0, 0.1) is 11.3 Å². The molecule has 0 spiro atoms. The number of carbonyl (C=O) groups is 2. The molecule has 5 nitrogen and oxygen atoms in total. The van der Waals surface area contributed by atoms with Gasteiger partial charge in [-0.15, -0.1) is 0 Å². The Hall–Kier alpha value is -1.10. The lowest BCUT2D eigenvalue weighted by molar-refractivity contribution is -0.143. The van der Waals surface area contributed by atoms with Crippen LogP contribution < -0.4 is 11.5 Å². The molecule has 108 valence electrons. The number of nitrogens with zero attached hydrogens (tertiary/aromatic N) is 1. The van der Waals surface area contributed by atoms with Crippen molar-refractivity contribution in [1.29, 1.82) is 0 Å². The molecule has 1 aliphatic heterocycles. The zero-order valence-electron chi connectivity index (χ0n) is 11.6. The van der Waals surface area contributed by atoms with Crippen LogP contribution in [-0.2, 0) is 9.59 Å². The number of carbonyl (C=O) groups excluding carboxylic acids is 2. The monoisotopic (exact) mass is 267 g/mol. The van der Waals surface area contributed by atoms with E-state index in [1.165, 1.54) is 0 Å². The summed E-state index contributed by atoms with van der Waals surface area (Å²) >= 11 is 0. The molecule has 0 aromatic heterocycles. The van der Waals surface area contributed by atoms with Crippen molar-refractivity contribution in [2.24, 2.45) is 22.8 Å². The molecule has 5 heteroatoms. The van der Waals surface area contributed by atoms with Crippen LogP contribution in [0.1, 0.15) is 44.9 Å². The van der Waals surface area contributed by atoms with E-state index >= 15 is 0 Å². The normalized spacial score (nSPS) is 26.4. The number of hydrogen-bond donors (Lipinski definition) is 2. The molecule has 1 atom stereocenters. The lowest BCUT2D eigenvalue weighted by atomic mass is 9.83. The smallest absolute Gasteiger partial charge is 0.230 e. The summed E-state index contributed by atoms with van der Waals surface area (Å²) in [4.78, 5) is 25.7. The first-order valence-electron chi connectivity index (χ1n) is 7.35. The number of rotatable bonds is 4. The molecule has 1 aliphatic carbocycles. The SMILES string of the molecule is NCC1(C(=O)N2CCCC(CC(N)=O)C2)CCCC1. The van der Waals surface area contributed by atoms with Crippen molar-refractivity contribution in [1.82, 2.24) is 4.90 Å². The van der Waals surface area contributed by atoms with Gasteiger partial charge >= 0.3 is 0 Å². The van der Waals surface area contributed by atoms with Gasteiger partial charge in [0.15, 0.2) is 0 Å². The second-order valence-electron chi connectivity index (χ2n) is 6.12. The standard InChI is InChI=1S/C14H25N3O2/c15-10-14(5-1-2-6-14)13(19)17-7-3-4-11(9-17)8-12(16)18/h11H,1-10,15H2,(H2,16,18). The number of nitrogens with two attached hydrogens (primary N) is 2. The van der Waals surface area contributed by atoms with Gasteiger partial charge in [-0.25, -0.2) is 0 Å². The summed E-state index contributed by atoms with van der Waals surface area (Å²) in [6, 6.07) is 0. The molecule has 0 aromatic carbocycles. The molecule has 2 amide bonds. The lowest BCUT2D eigenvalue weighted by Gasteiger charge is -2.38. The van der Waals surface area contributed by atoms with Crippen molar-refractivity contribution < 1.29 is 9.59 Å². The summed E-state index contributed by atoms with van der Waals surface area (Å²) in [6.45, 7) is 1.92. The van der Waals surface area contributed by atoms with Gasteiger partial charge in [0.2, 0.25) is 11.8 Å². The van der Waals surface area contributed by atoms with Crippen LogP contribution in [0.2, 0.25) is 0 Å². The Morgan fingerprint density at radius 3 is 2.47 bits per heavy atom. The largest absolute Gasteiger partial charge is 0.370 e. The lowest BCUT2D eigenvalue weighted by Crippen LogP contribution is -2.50. The predicted octanol–water partition coefficient (Wildman–Crippen LogP) is 0.619. The van der Waals surface area contributed by atoms with E-state index < -0.39 is 0 Å². The summed E-state index contributed by atoms with van der Waals surface area (Å²) < 4.78 is 0. The van der Waals surface area contributed by atoms with E-state index in [0.29, 0.717) is 19.5 Å². The van der Waals surface area contributed by atoms with Crippen LogP contribution in [0.5, 0.6) is 0 Å². The fourth-order valence-corrected chi connectivity index (χ4v) is 3.59. The molecular weight excluding hydrogens is 242 g/mol. The predicted molar refractivity (Wildman–Crippen MR) is 73.1 cm³/mol. The van der Waals surface area contributed by atoms with Crippen molar-refractivity contribution in [3.8, 4) is 0 Å². The summed E-state index contributed by atoms with van der Waals surface area (Å²) in [5.41, 5.74) is 10.8. The Balaban J connectivity index is 2.00. The van der Waals surface area contributed by atoms with Crippen LogP contribution in [0.4, 0.5) is 0 Å². The van der Waals surface area contributed by atoms with Gasteiger partial charge in [0.05, 0.1) is 5.41 Å². The third-order valence-corrected chi connectivity index (χ3v) is 4.70. The number of likely N-dealkylation sites (tertiary alicyclic amines) is 1. The van der Waals surface area contributed by atoms with Crippen LogP contribution >= 0.6 is 0 Å². The highest BCUT2D eigenvalue weighted by molar-refractivity contribution is 5.83. The summed E-state index contributed by atoms with van der Waals surface area (Å²) in [6.07, 6.45) is 6.37. The van der Waals surface area contributed by atoms with Crippen LogP contribution in [-0.4, -0.2) is 36.3 Å². The second-order valence-corrected chi connectivity index (χ2v) is 6.12. The van der Waals surface area contributed by atoms with E-state index in [1.807, 2.05) is 4.90 Å². The number of piperidine rings is 1. The van der Waals surface area contributed by atoms with Crippen LogP contribution in [0.15, 0.2) is 0 Å². The maximum atomic E-state index is 12.7. The minimum absolute atomic E-state index is 0.210. The van der Waals surface area contributed by atoms with Crippen molar-refractivity contribution >= 4 is 11.8 Å². The topological polar surface area (TPSA) is 89.4 Å². The Morgan fingerprint density at radius 2 is 1.89 bits per heavy atom. The molecule has 19 heavy (non-hydrogen) atoms. The van der Waals surface area contributed by atoms with Gasteiger partial charge in [-0.1, -0.05) is 12.8 Å². The fraction of sp³-hybridized carbons (Fsp3) is 0.857. The minimum Gasteiger partial charge on any atom is -0.370 e. The van der Waals surface area contributed by atoms with Crippen LogP contribution in [0.25, 0.3) is 0 Å². The average Bonchev–Trinajstić information content (AvgIpc) is 2.87. The Morgan fingerprint density at radius 1 is 1.21 bits per heavy atom. The quantitative estimate of drug-likeness (QED) is 0.782. The molecule has 2 aliphatic rings. The van der Waals surface area contributed by atoms with Gasteiger partial charge in [0, 0.05) is 26.1 Å².